The molecule has 2 aliphatic heterocycles. The van der Waals surface area contributed by atoms with Gasteiger partial charge in [0.25, 0.3) is 5.91 Å². The van der Waals surface area contributed by atoms with E-state index in [-0.39, 0.29) is 24.3 Å². The van der Waals surface area contributed by atoms with Crippen LogP contribution in [0.15, 0.2) is 42.0 Å². The largest absolute Gasteiger partial charge is 0.488 e. The lowest BCUT2D eigenvalue weighted by atomic mass is 9.91. The molecule has 3 aromatic heterocycles. The SMILES string of the molecule is Cn1ncc(-c2nc(NC3CCC(NCc4ccc(OCc5scc6c5CN([C@H]5CCC(=O)NC5=O)C6=O)cc4)CC3)ncc2F)c1CC1CC1. The number of halogens is 1. The van der Waals surface area contributed by atoms with Gasteiger partial charge in [-0.3, -0.25) is 24.4 Å². The van der Waals surface area contributed by atoms with Gasteiger partial charge in [-0.1, -0.05) is 12.1 Å². The van der Waals surface area contributed by atoms with Crippen molar-refractivity contribution >= 4 is 35.0 Å². The molecular weight excluding hydrogens is 672 g/mol. The van der Waals surface area contributed by atoms with Gasteiger partial charge in [-0.05, 0) is 75.0 Å². The molecule has 51 heavy (non-hydrogen) atoms. The lowest BCUT2D eigenvalue weighted by Gasteiger charge is -2.30. The molecular formula is C37H41FN8O4S. The number of aryl methyl sites for hydroxylation is 1. The van der Waals surface area contributed by atoms with Crippen LogP contribution in [0.25, 0.3) is 11.3 Å². The molecule has 12 nitrogen and oxygen atoms in total. The third kappa shape index (κ3) is 7.24. The number of aromatic nitrogens is 4. The van der Waals surface area contributed by atoms with Crippen molar-refractivity contribution in [1.82, 2.24) is 35.3 Å². The lowest BCUT2D eigenvalue weighted by Crippen LogP contribution is -2.52. The summed E-state index contributed by atoms with van der Waals surface area (Å²) in [7, 11) is 1.90. The molecule has 0 bridgehead atoms. The van der Waals surface area contributed by atoms with Crippen LogP contribution in [-0.2, 0) is 42.8 Å². The summed E-state index contributed by atoms with van der Waals surface area (Å²) in [6.45, 7) is 1.43. The Morgan fingerprint density at radius 2 is 1.78 bits per heavy atom. The number of carbonyl (C=O) groups is 3. The quantitative estimate of drug-likeness (QED) is 0.175. The Morgan fingerprint density at radius 3 is 2.55 bits per heavy atom. The zero-order valence-electron chi connectivity index (χ0n) is 28.5. The van der Waals surface area contributed by atoms with Crippen LogP contribution in [0.4, 0.5) is 10.3 Å². The minimum atomic E-state index is -0.623. The molecule has 5 heterocycles. The molecule has 1 atom stereocenters. The number of anilines is 1. The number of benzene rings is 1. The Labute approximate surface area is 299 Å². The van der Waals surface area contributed by atoms with E-state index in [0.717, 1.165) is 71.7 Å². The van der Waals surface area contributed by atoms with Crippen molar-refractivity contribution < 1.29 is 23.5 Å². The van der Waals surface area contributed by atoms with Crippen molar-refractivity contribution in [2.45, 2.75) is 95.6 Å². The van der Waals surface area contributed by atoms with Crippen LogP contribution in [0.5, 0.6) is 5.75 Å². The minimum absolute atomic E-state index is 0.168. The van der Waals surface area contributed by atoms with Crippen LogP contribution < -0.4 is 20.7 Å². The molecule has 3 fully saturated rings. The summed E-state index contributed by atoms with van der Waals surface area (Å²) in [5.41, 5.74) is 4.77. The van der Waals surface area contributed by atoms with Gasteiger partial charge in [-0.2, -0.15) is 5.10 Å². The van der Waals surface area contributed by atoms with Crippen molar-refractivity contribution in [2.75, 3.05) is 5.32 Å². The predicted molar refractivity (Wildman–Crippen MR) is 188 cm³/mol. The fourth-order valence-electron chi connectivity index (χ4n) is 7.39. The van der Waals surface area contributed by atoms with Gasteiger partial charge in [0.05, 0.1) is 18.0 Å². The number of fused-ring (bicyclic) bond motifs is 1. The minimum Gasteiger partial charge on any atom is -0.488 e. The van der Waals surface area contributed by atoms with Gasteiger partial charge < -0.3 is 20.3 Å². The maximum absolute atomic E-state index is 14.9. The summed E-state index contributed by atoms with van der Waals surface area (Å²) in [5.74, 6) is 0.554. The number of amides is 3. The topological polar surface area (TPSA) is 143 Å². The van der Waals surface area contributed by atoms with Gasteiger partial charge in [-0.25, -0.2) is 14.4 Å². The van der Waals surface area contributed by atoms with Crippen molar-refractivity contribution in [1.29, 1.82) is 0 Å². The van der Waals surface area contributed by atoms with E-state index in [9.17, 15) is 18.8 Å². The molecule has 0 unspecified atom stereocenters. The first-order valence-corrected chi connectivity index (χ1v) is 18.7. The highest BCUT2D eigenvalue weighted by atomic mass is 32.1. The molecule has 266 valence electrons. The second kappa shape index (κ2) is 14.1. The van der Waals surface area contributed by atoms with Gasteiger partial charge in [0.1, 0.15) is 24.1 Å². The molecule has 3 N–H and O–H groups in total. The summed E-state index contributed by atoms with van der Waals surface area (Å²) in [6.07, 6.45) is 10.8. The van der Waals surface area contributed by atoms with Crippen molar-refractivity contribution in [3.63, 3.8) is 0 Å². The van der Waals surface area contributed by atoms with Gasteiger partial charge in [0.2, 0.25) is 17.8 Å². The highest BCUT2D eigenvalue weighted by Crippen LogP contribution is 2.37. The average Bonchev–Trinajstić information content (AvgIpc) is 3.63. The molecule has 3 amide bonds. The van der Waals surface area contributed by atoms with Gasteiger partial charge >= 0.3 is 0 Å². The number of thiophene rings is 1. The second-order valence-corrected chi connectivity index (χ2v) is 15.1. The first kappa shape index (κ1) is 33.5. The fourth-order valence-corrected chi connectivity index (χ4v) is 8.33. The zero-order chi connectivity index (χ0) is 35.1. The highest BCUT2D eigenvalue weighted by molar-refractivity contribution is 7.10. The Kier molecular flexibility index (Phi) is 9.28. The number of piperidine rings is 1. The molecule has 14 heteroatoms. The third-order valence-electron chi connectivity index (χ3n) is 10.6. The predicted octanol–water partition coefficient (Wildman–Crippen LogP) is 4.88. The lowest BCUT2D eigenvalue weighted by molar-refractivity contribution is -0.136. The Hall–Kier alpha value is -4.69. The van der Waals surface area contributed by atoms with Crippen LogP contribution in [0, 0.1) is 11.7 Å². The summed E-state index contributed by atoms with van der Waals surface area (Å²) >= 11 is 1.49. The molecule has 0 radical (unpaired) electrons. The van der Waals surface area contributed by atoms with Crippen molar-refractivity contribution in [3.8, 4) is 17.0 Å². The molecule has 0 spiro atoms. The highest BCUT2D eigenvalue weighted by Gasteiger charge is 2.40. The zero-order valence-corrected chi connectivity index (χ0v) is 29.3. The molecule has 8 rings (SSSR count). The maximum Gasteiger partial charge on any atom is 0.256 e. The van der Waals surface area contributed by atoms with E-state index >= 15 is 0 Å². The molecule has 1 aromatic carbocycles. The number of ether oxygens (including phenoxy) is 1. The maximum atomic E-state index is 14.9. The van der Waals surface area contributed by atoms with E-state index in [4.69, 9.17) is 4.74 Å². The molecule has 4 aromatic rings. The van der Waals surface area contributed by atoms with Crippen LogP contribution in [0.1, 0.15) is 83.4 Å². The summed E-state index contributed by atoms with van der Waals surface area (Å²) in [4.78, 5) is 48.3. The van der Waals surface area contributed by atoms with Crippen LogP contribution in [0.2, 0.25) is 0 Å². The van der Waals surface area contributed by atoms with E-state index in [1.807, 2.05) is 29.2 Å². The number of nitrogens with one attached hydrogen (secondary N) is 3. The fraction of sp³-hybridized carbons (Fsp3) is 0.459. The van der Waals surface area contributed by atoms with Gasteiger partial charge in [0, 0.05) is 65.7 Å². The molecule has 1 saturated heterocycles. The first-order valence-electron chi connectivity index (χ1n) is 17.8. The second-order valence-electron chi connectivity index (χ2n) is 14.1. The standard InChI is InChI=1S/C37H41FN8O4S/c1-45-31(14-21-2-3-21)26(16-41-45)34-29(38)17-40-37(44-34)42-24-8-6-23(7-9-24)39-15-22-4-10-25(11-5-22)50-19-32-27-18-46(36(49)28(27)20-51-32)30-12-13-33(47)43-35(30)48/h4-5,10-11,16-17,20-21,23-24,30,39H,2-3,6-9,12-15,18-19H2,1H3,(H,40,42,44)(H,43,47,48)/t23?,24?,30-/m0/s1. The number of carbonyl (C=O) groups excluding carboxylic acids is 3. The molecule has 2 saturated carbocycles. The van der Waals surface area contributed by atoms with E-state index in [0.29, 0.717) is 48.7 Å². The molecule has 2 aliphatic carbocycles. The number of hydrogen-bond acceptors (Lipinski definition) is 10. The number of imide groups is 1. The first-order chi connectivity index (χ1) is 24.8. The summed E-state index contributed by atoms with van der Waals surface area (Å²) < 4.78 is 22.8. The van der Waals surface area contributed by atoms with Crippen molar-refractivity contribution in [2.24, 2.45) is 13.0 Å². The van der Waals surface area contributed by atoms with Gasteiger partial charge in [-0.15, -0.1) is 11.3 Å². The Balaban J connectivity index is 0.790. The third-order valence-corrected chi connectivity index (χ3v) is 11.6. The van der Waals surface area contributed by atoms with E-state index in [2.05, 4.69) is 43.1 Å². The summed E-state index contributed by atoms with van der Waals surface area (Å²) in [6, 6.07) is 8.04. The van der Waals surface area contributed by atoms with Crippen LogP contribution in [-0.4, -0.2) is 60.5 Å². The monoisotopic (exact) mass is 712 g/mol. The molecule has 4 aliphatic rings. The van der Waals surface area contributed by atoms with Crippen LogP contribution in [0.3, 0.4) is 0 Å². The normalized spacial score (nSPS) is 21.9. The van der Waals surface area contributed by atoms with E-state index < -0.39 is 17.8 Å². The smallest absolute Gasteiger partial charge is 0.256 e. The van der Waals surface area contributed by atoms with E-state index in [1.165, 1.54) is 30.4 Å². The Morgan fingerprint density at radius 1 is 1.00 bits per heavy atom. The number of rotatable bonds is 12. The van der Waals surface area contributed by atoms with Crippen molar-refractivity contribution in [3.05, 3.63) is 75.1 Å². The Bertz CT molecular complexity index is 1950. The summed E-state index contributed by atoms with van der Waals surface area (Å²) in [5, 5.41) is 15.7. The number of nitrogens with zero attached hydrogens (tertiary/aromatic N) is 5. The number of hydrogen-bond donors (Lipinski definition) is 3. The van der Waals surface area contributed by atoms with Gasteiger partial charge in [0.15, 0.2) is 5.82 Å². The average molecular weight is 713 g/mol. The van der Waals surface area contributed by atoms with Crippen LogP contribution >= 0.6 is 11.3 Å². The van der Waals surface area contributed by atoms with E-state index in [1.54, 1.807) is 11.1 Å².